The second kappa shape index (κ2) is 8.76. The number of aromatic nitrogens is 1. The van der Waals surface area contributed by atoms with Crippen LogP contribution in [0.2, 0.25) is 5.02 Å². The monoisotopic (exact) mass is 488 g/mol. The lowest BCUT2D eigenvalue weighted by molar-refractivity contribution is -0.116. The number of nitrogens with one attached hydrogen (secondary N) is 1. The molecule has 0 bridgehead atoms. The highest BCUT2D eigenvalue weighted by Crippen LogP contribution is 2.23. The van der Waals surface area contributed by atoms with E-state index in [1.54, 1.807) is 0 Å². The molecule has 4 rings (SSSR count). The minimum Gasteiger partial charge on any atom is -0.336 e. The molecule has 0 unspecified atom stereocenters. The lowest BCUT2D eigenvalue weighted by Crippen LogP contribution is -2.24. The van der Waals surface area contributed by atoms with Gasteiger partial charge in [0.15, 0.2) is 0 Å². The Morgan fingerprint density at radius 1 is 0.939 bits per heavy atom. The van der Waals surface area contributed by atoms with E-state index < -0.39 is 37.7 Å². The summed E-state index contributed by atoms with van der Waals surface area (Å²) < 4.78 is 54.6. The van der Waals surface area contributed by atoms with Crippen LogP contribution in [0.4, 0.5) is 14.5 Å². The molecule has 0 aliphatic rings. The summed E-state index contributed by atoms with van der Waals surface area (Å²) in [6.07, 6.45) is 1.05. The molecule has 0 aliphatic heterocycles. The average molecular weight is 489 g/mol. The number of hydrogen-bond donors (Lipinski definition) is 1. The van der Waals surface area contributed by atoms with Crippen LogP contribution < -0.4 is 10.7 Å². The third kappa shape index (κ3) is 4.64. The first-order valence-electron chi connectivity index (χ1n) is 9.54. The highest BCUT2D eigenvalue weighted by molar-refractivity contribution is 7.91. The molecular formula is C23H15ClF2N2O4S. The number of nitrogens with zero attached hydrogens (tertiary/aromatic N) is 1. The molecule has 3 aromatic carbocycles. The molecule has 1 aromatic heterocycles. The van der Waals surface area contributed by atoms with Gasteiger partial charge in [0.05, 0.1) is 10.4 Å². The Kier molecular flexibility index (Phi) is 6.01. The lowest BCUT2D eigenvalue weighted by Gasteiger charge is -2.14. The largest absolute Gasteiger partial charge is 0.336 e. The molecule has 10 heteroatoms. The molecule has 6 nitrogen and oxygen atoms in total. The fourth-order valence-corrected chi connectivity index (χ4v) is 4.79. The molecule has 1 heterocycles. The molecule has 0 saturated carbocycles. The second-order valence-corrected chi connectivity index (χ2v) is 9.48. The highest BCUT2D eigenvalue weighted by atomic mass is 35.5. The van der Waals surface area contributed by atoms with Crippen molar-refractivity contribution in [3.63, 3.8) is 0 Å². The van der Waals surface area contributed by atoms with Crippen LogP contribution in [0, 0.1) is 11.6 Å². The van der Waals surface area contributed by atoms with Crippen molar-refractivity contribution < 1.29 is 22.0 Å². The standard InChI is InChI=1S/C23H15ClF2N2O4S/c24-14-1-8-18(9-2-14)33(31,32)21-12-28(20-10-5-16(26)11-19(20)23(21)30)13-22(29)27-17-6-3-15(25)4-7-17/h1-12H,13H2,(H,27,29). The number of sulfone groups is 1. The molecule has 0 spiro atoms. The van der Waals surface area contributed by atoms with Gasteiger partial charge in [0.2, 0.25) is 21.2 Å². The Morgan fingerprint density at radius 3 is 2.24 bits per heavy atom. The number of carbonyl (C=O) groups excluding carboxylic acids is 1. The van der Waals surface area contributed by atoms with Crippen molar-refractivity contribution >= 4 is 43.9 Å². The zero-order chi connectivity index (χ0) is 23.8. The number of fused-ring (bicyclic) bond motifs is 1. The number of rotatable bonds is 5. The number of anilines is 1. The Hall–Kier alpha value is -3.56. The molecule has 0 atom stereocenters. The van der Waals surface area contributed by atoms with Crippen LogP contribution in [0.15, 0.2) is 87.5 Å². The van der Waals surface area contributed by atoms with Crippen molar-refractivity contribution in [2.75, 3.05) is 5.32 Å². The number of halogens is 3. The average Bonchev–Trinajstić information content (AvgIpc) is 2.77. The predicted molar refractivity (Wildman–Crippen MR) is 120 cm³/mol. The maximum absolute atomic E-state index is 13.9. The maximum Gasteiger partial charge on any atom is 0.244 e. The van der Waals surface area contributed by atoms with Gasteiger partial charge in [-0.05, 0) is 66.7 Å². The zero-order valence-corrected chi connectivity index (χ0v) is 18.3. The minimum atomic E-state index is -4.30. The molecule has 1 N–H and O–H groups in total. The Bertz CT molecular complexity index is 1530. The van der Waals surface area contributed by atoms with Crippen molar-refractivity contribution in [3.05, 3.63) is 99.8 Å². The zero-order valence-electron chi connectivity index (χ0n) is 16.8. The normalized spacial score (nSPS) is 11.5. The van der Waals surface area contributed by atoms with E-state index >= 15 is 0 Å². The summed E-state index contributed by atoms with van der Waals surface area (Å²) >= 11 is 5.82. The summed E-state index contributed by atoms with van der Waals surface area (Å²) in [4.78, 5) is 24.8. The van der Waals surface area contributed by atoms with E-state index in [0.717, 1.165) is 18.3 Å². The summed E-state index contributed by atoms with van der Waals surface area (Å²) in [6, 6.07) is 13.6. The topological polar surface area (TPSA) is 85.2 Å². The smallest absolute Gasteiger partial charge is 0.244 e. The van der Waals surface area contributed by atoms with Crippen LogP contribution in [0.3, 0.4) is 0 Å². The van der Waals surface area contributed by atoms with Gasteiger partial charge in [-0.2, -0.15) is 0 Å². The number of pyridine rings is 1. The van der Waals surface area contributed by atoms with E-state index in [-0.39, 0.29) is 22.3 Å². The van der Waals surface area contributed by atoms with Crippen molar-refractivity contribution in [3.8, 4) is 0 Å². The van der Waals surface area contributed by atoms with E-state index in [1.165, 1.54) is 59.2 Å². The van der Waals surface area contributed by atoms with Crippen molar-refractivity contribution in [2.24, 2.45) is 0 Å². The van der Waals surface area contributed by atoms with Gasteiger partial charge in [-0.25, -0.2) is 17.2 Å². The summed E-state index contributed by atoms with van der Waals surface area (Å²) in [5, 5.41) is 2.68. The van der Waals surface area contributed by atoms with Gasteiger partial charge in [0.1, 0.15) is 23.1 Å². The SMILES string of the molecule is O=C(Cn1cc(S(=O)(=O)c2ccc(Cl)cc2)c(=O)c2cc(F)ccc21)Nc1ccc(F)cc1. The molecule has 0 radical (unpaired) electrons. The van der Waals surface area contributed by atoms with Crippen LogP contribution in [-0.4, -0.2) is 18.9 Å². The van der Waals surface area contributed by atoms with E-state index in [9.17, 15) is 26.8 Å². The van der Waals surface area contributed by atoms with Gasteiger partial charge in [-0.1, -0.05) is 11.6 Å². The fraction of sp³-hybridized carbons (Fsp3) is 0.0435. The van der Waals surface area contributed by atoms with Crippen LogP contribution in [-0.2, 0) is 21.2 Å². The van der Waals surface area contributed by atoms with E-state index in [1.807, 2.05) is 0 Å². The Balaban J connectivity index is 1.81. The highest BCUT2D eigenvalue weighted by Gasteiger charge is 2.24. The van der Waals surface area contributed by atoms with E-state index in [0.29, 0.717) is 10.7 Å². The molecule has 0 saturated heterocycles. The first kappa shape index (κ1) is 22.6. The van der Waals surface area contributed by atoms with Gasteiger partial charge in [-0.15, -0.1) is 0 Å². The summed E-state index contributed by atoms with van der Waals surface area (Å²) in [5.74, 6) is -1.77. The van der Waals surface area contributed by atoms with Crippen LogP contribution in [0.1, 0.15) is 0 Å². The summed E-state index contributed by atoms with van der Waals surface area (Å²) in [6.45, 7) is -0.386. The Morgan fingerprint density at radius 2 is 1.58 bits per heavy atom. The molecular weight excluding hydrogens is 474 g/mol. The quantitative estimate of drug-likeness (QED) is 0.451. The number of carbonyl (C=O) groups is 1. The van der Waals surface area contributed by atoms with Gasteiger partial charge < -0.3 is 9.88 Å². The maximum atomic E-state index is 13.9. The molecule has 0 fully saturated rings. The number of hydrogen-bond acceptors (Lipinski definition) is 4. The molecule has 0 aliphatic carbocycles. The van der Waals surface area contributed by atoms with Crippen LogP contribution >= 0.6 is 11.6 Å². The van der Waals surface area contributed by atoms with Crippen molar-refractivity contribution in [2.45, 2.75) is 16.3 Å². The van der Waals surface area contributed by atoms with Crippen LogP contribution in [0.25, 0.3) is 10.9 Å². The number of amides is 1. The first-order chi connectivity index (χ1) is 15.6. The second-order valence-electron chi connectivity index (χ2n) is 7.12. The van der Waals surface area contributed by atoms with Gasteiger partial charge in [-0.3, -0.25) is 9.59 Å². The fourth-order valence-electron chi connectivity index (χ4n) is 3.29. The van der Waals surface area contributed by atoms with E-state index in [4.69, 9.17) is 11.6 Å². The van der Waals surface area contributed by atoms with E-state index in [2.05, 4.69) is 5.32 Å². The Labute approximate surface area is 192 Å². The molecule has 4 aromatic rings. The lowest BCUT2D eigenvalue weighted by atomic mass is 10.2. The third-order valence-electron chi connectivity index (χ3n) is 4.86. The summed E-state index contributed by atoms with van der Waals surface area (Å²) in [7, 11) is -4.30. The van der Waals surface area contributed by atoms with Crippen molar-refractivity contribution in [1.82, 2.24) is 4.57 Å². The van der Waals surface area contributed by atoms with Gasteiger partial charge in [0.25, 0.3) is 0 Å². The number of benzene rings is 3. The molecule has 168 valence electrons. The van der Waals surface area contributed by atoms with Crippen molar-refractivity contribution in [1.29, 1.82) is 0 Å². The van der Waals surface area contributed by atoms with Gasteiger partial charge in [0, 0.05) is 22.3 Å². The van der Waals surface area contributed by atoms with Gasteiger partial charge >= 0.3 is 0 Å². The summed E-state index contributed by atoms with van der Waals surface area (Å²) in [5.41, 5.74) is -0.396. The molecule has 1 amide bonds. The third-order valence-corrected chi connectivity index (χ3v) is 6.88. The minimum absolute atomic E-state index is 0.172. The predicted octanol–water partition coefficient (Wildman–Crippen LogP) is 4.40. The van der Waals surface area contributed by atoms with Crippen LogP contribution in [0.5, 0.6) is 0 Å². The first-order valence-corrected chi connectivity index (χ1v) is 11.4. The molecule has 33 heavy (non-hydrogen) atoms.